The summed E-state index contributed by atoms with van der Waals surface area (Å²) in [7, 11) is 4.02. The number of carboxylic acids is 1. The molecule has 0 amide bonds. The zero-order valence-electron chi connectivity index (χ0n) is 7.08. The van der Waals surface area contributed by atoms with Crippen LogP contribution in [0.15, 0.2) is 0 Å². The van der Waals surface area contributed by atoms with Crippen molar-refractivity contribution in [2.24, 2.45) is 5.92 Å². The molecule has 0 bridgehead atoms. The number of aliphatic carboxylic acids is 1. The van der Waals surface area contributed by atoms with Crippen LogP contribution < -0.4 is 0 Å². The van der Waals surface area contributed by atoms with Crippen molar-refractivity contribution in [1.82, 2.24) is 4.90 Å². The van der Waals surface area contributed by atoms with Gasteiger partial charge < -0.3 is 10.0 Å². The van der Waals surface area contributed by atoms with Gasteiger partial charge in [-0.05, 0) is 33.4 Å². The van der Waals surface area contributed by atoms with Crippen molar-refractivity contribution in [3.63, 3.8) is 0 Å². The first-order valence-corrected chi connectivity index (χ1v) is 4.00. The van der Waals surface area contributed by atoms with Crippen LogP contribution in [0.3, 0.4) is 0 Å². The molecule has 0 aromatic rings. The monoisotopic (exact) mass is 157 g/mol. The van der Waals surface area contributed by atoms with Crippen LogP contribution in [0.4, 0.5) is 0 Å². The van der Waals surface area contributed by atoms with Gasteiger partial charge in [-0.15, -0.1) is 0 Å². The normalized spacial score (nSPS) is 31.2. The summed E-state index contributed by atoms with van der Waals surface area (Å²) < 4.78 is 0. The smallest absolute Gasteiger partial charge is 0.306 e. The van der Waals surface area contributed by atoms with Crippen molar-refractivity contribution in [3.05, 3.63) is 0 Å². The van der Waals surface area contributed by atoms with E-state index >= 15 is 0 Å². The predicted molar refractivity (Wildman–Crippen MR) is 42.5 cm³/mol. The van der Waals surface area contributed by atoms with Gasteiger partial charge in [-0.25, -0.2) is 0 Å². The predicted octanol–water partition coefficient (Wildman–Crippen LogP) is 0.801. The minimum absolute atomic E-state index is 0.0950. The molecule has 64 valence electrons. The average molecular weight is 157 g/mol. The van der Waals surface area contributed by atoms with Crippen molar-refractivity contribution < 1.29 is 9.90 Å². The topological polar surface area (TPSA) is 40.5 Å². The molecule has 1 aliphatic rings. The molecule has 1 saturated carbocycles. The third-order valence-corrected chi connectivity index (χ3v) is 2.48. The van der Waals surface area contributed by atoms with Gasteiger partial charge in [0.15, 0.2) is 0 Å². The number of rotatable bonds is 2. The zero-order chi connectivity index (χ0) is 8.43. The van der Waals surface area contributed by atoms with E-state index in [0.717, 1.165) is 19.3 Å². The second-order valence-corrected chi connectivity index (χ2v) is 3.47. The molecule has 3 heteroatoms. The SMILES string of the molecule is CN(C)[C@H]1CC[C@H](C(=O)O)C1. The number of carboxylic acid groups (broad SMARTS) is 1. The van der Waals surface area contributed by atoms with Crippen LogP contribution in [-0.4, -0.2) is 36.1 Å². The molecule has 1 N–H and O–H groups in total. The van der Waals surface area contributed by atoms with Crippen molar-refractivity contribution in [1.29, 1.82) is 0 Å². The van der Waals surface area contributed by atoms with E-state index in [1.165, 1.54) is 0 Å². The standard InChI is InChI=1S/C8H15NO2/c1-9(2)7-4-3-6(5-7)8(10)11/h6-7H,3-5H2,1-2H3,(H,10,11)/t6-,7-/m0/s1. The van der Waals surface area contributed by atoms with Crippen LogP contribution >= 0.6 is 0 Å². The molecule has 0 saturated heterocycles. The van der Waals surface area contributed by atoms with Gasteiger partial charge >= 0.3 is 5.97 Å². The Kier molecular flexibility index (Phi) is 2.49. The Hall–Kier alpha value is -0.570. The summed E-state index contributed by atoms with van der Waals surface area (Å²) in [4.78, 5) is 12.7. The van der Waals surface area contributed by atoms with Crippen molar-refractivity contribution in [2.45, 2.75) is 25.3 Å². The lowest BCUT2D eigenvalue weighted by atomic mass is 10.1. The summed E-state index contributed by atoms with van der Waals surface area (Å²) in [6, 6.07) is 0.482. The molecule has 1 fully saturated rings. The molecular weight excluding hydrogens is 142 g/mol. The molecule has 0 radical (unpaired) electrons. The summed E-state index contributed by atoms with van der Waals surface area (Å²) in [5.41, 5.74) is 0. The lowest BCUT2D eigenvalue weighted by molar-refractivity contribution is -0.141. The lowest BCUT2D eigenvalue weighted by Crippen LogP contribution is -2.25. The highest BCUT2D eigenvalue weighted by atomic mass is 16.4. The van der Waals surface area contributed by atoms with Gasteiger partial charge in [0, 0.05) is 6.04 Å². The third kappa shape index (κ3) is 1.93. The van der Waals surface area contributed by atoms with Crippen molar-refractivity contribution in [2.75, 3.05) is 14.1 Å². The molecule has 0 unspecified atom stereocenters. The molecule has 0 aliphatic heterocycles. The first kappa shape index (κ1) is 8.53. The fourth-order valence-electron chi connectivity index (χ4n) is 1.65. The van der Waals surface area contributed by atoms with E-state index in [1.54, 1.807) is 0 Å². The number of hydrogen-bond donors (Lipinski definition) is 1. The maximum Gasteiger partial charge on any atom is 0.306 e. The maximum atomic E-state index is 10.6. The van der Waals surface area contributed by atoms with Crippen LogP contribution in [0.5, 0.6) is 0 Å². The van der Waals surface area contributed by atoms with Crippen LogP contribution in [-0.2, 0) is 4.79 Å². The van der Waals surface area contributed by atoms with Crippen LogP contribution in [0.2, 0.25) is 0 Å². The van der Waals surface area contributed by atoms with Crippen LogP contribution in [0, 0.1) is 5.92 Å². The van der Waals surface area contributed by atoms with E-state index < -0.39 is 5.97 Å². The quantitative estimate of drug-likeness (QED) is 0.644. The van der Waals surface area contributed by atoms with E-state index in [2.05, 4.69) is 4.90 Å². The molecule has 0 spiro atoms. The largest absolute Gasteiger partial charge is 0.481 e. The van der Waals surface area contributed by atoms with E-state index in [-0.39, 0.29) is 5.92 Å². The molecule has 3 nitrogen and oxygen atoms in total. The van der Waals surface area contributed by atoms with E-state index in [4.69, 9.17) is 5.11 Å². The van der Waals surface area contributed by atoms with Gasteiger partial charge in [0.05, 0.1) is 5.92 Å². The Morgan fingerprint density at radius 3 is 2.36 bits per heavy atom. The summed E-state index contributed by atoms with van der Waals surface area (Å²) in [6.07, 6.45) is 2.70. The first-order chi connectivity index (χ1) is 5.11. The van der Waals surface area contributed by atoms with Gasteiger partial charge in [-0.1, -0.05) is 0 Å². The van der Waals surface area contributed by atoms with E-state index in [9.17, 15) is 4.79 Å². The van der Waals surface area contributed by atoms with E-state index in [0.29, 0.717) is 6.04 Å². The Labute approximate surface area is 67.0 Å². The molecule has 1 aliphatic carbocycles. The number of hydrogen-bond acceptors (Lipinski definition) is 2. The highest BCUT2D eigenvalue weighted by molar-refractivity contribution is 5.70. The first-order valence-electron chi connectivity index (χ1n) is 4.00. The van der Waals surface area contributed by atoms with Gasteiger partial charge in [0.2, 0.25) is 0 Å². The van der Waals surface area contributed by atoms with Crippen LogP contribution in [0.25, 0.3) is 0 Å². The summed E-state index contributed by atoms with van der Waals surface area (Å²) in [5.74, 6) is -0.725. The van der Waals surface area contributed by atoms with Gasteiger partial charge in [-0.3, -0.25) is 4.79 Å². The van der Waals surface area contributed by atoms with Gasteiger partial charge in [0.1, 0.15) is 0 Å². The summed E-state index contributed by atoms with van der Waals surface area (Å²) >= 11 is 0. The molecule has 0 aromatic heterocycles. The highest BCUT2D eigenvalue weighted by Gasteiger charge is 2.30. The minimum Gasteiger partial charge on any atom is -0.481 e. The van der Waals surface area contributed by atoms with Crippen molar-refractivity contribution >= 4 is 5.97 Å². The Morgan fingerprint density at radius 1 is 1.45 bits per heavy atom. The van der Waals surface area contributed by atoms with Crippen molar-refractivity contribution in [3.8, 4) is 0 Å². The molecule has 0 aromatic carbocycles. The van der Waals surface area contributed by atoms with Crippen LogP contribution in [0.1, 0.15) is 19.3 Å². The third-order valence-electron chi connectivity index (χ3n) is 2.48. The lowest BCUT2D eigenvalue weighted by Gasteiger charge is -2.17. The Balaban J connectivity index is 2.41. The Morgan fingerprint density at radius 2 is 2.09 bits per heavy atom. The molecular formula is C8H15NO2. The fourth-order valence-corrected chi connectivity index (χ4v) is 1.65. The zero-order valence-corrected chi connectivity index (χ0v) is 7.08. The Bertz CT molecular complexity index is 156. The number of nitrogens with zero attached hydrogens (tertiary/aromatic N) is 1. The molecule has 11 heavy (non-hydrogen) atoms. The molecule has 0 heterocycles. The molecule has 2 atom stereocenters. The molecule has 1 rings (SSSR count). The van der Waals surface area contributed by atoms with Gasteiger partial charge in [0.25, 0.3) is 0 Å². The maximum absolute atomic E-state index is 10.6. The highest BCUT2D eigenvalue weighted by Crippen LogP contribution is 2.27. The van der Waals surface area contributed by atoms with Gasteiger partial charge in [-0.2, -0.15) is 0 Å². The average Bonchev–Trinajstić information content (AvgIpc) is 2.33. The second-order valence-electron chi connectivity index (χ2n) is 3.47. The second kappa shape index (κ2) is 3.22. The summed E-state index contributed by atoms with van der Waals surface area (Å²) in [5, 5.41) is 8.69. The minimum atomic E-state index is -0.630. The number of carbonyl (C=O) groups is 1. The van der Waals surface area contributed by atoms with E-state index in [1.807, 2.05) is 14.1 Å². The fraction of sp³-hybridized carbons (Fsp3) is 0.875. The summed E-state index contributed by atoms with van der Waals surface area (Å²) in [6.45, 7) is 0.